The molecule has 0 saturated carbocycles. The third-order valence-corrected chi connectivity index (χ3v) is 5.75. The lowest BCUT2D eigenvalue weighted by Gasteiger charge is -2.31. The minimum absolute atomic E-state index is 0.131. The zero-order valence-electron chi connectivity index (χ0n) is 15.3. The highest BCUT2D eigenvalue weighted by molar-refractivity contribution is 7.13. The Morgan fingerprint density at radius 2 is 1.96 bits per heavy atom. The summed E-state index contributed by atoms with van der Waals surface area (Å²) in [6, 6.07) is 12.6. The van der Waals surface area contributed by atoms with Gasteiger partial charge in [0.05, 0.1) is 5.69 Å². The molecule has 1 saturated heterocycles. The van der Waals surface area contributed by atoms with Crippen LogP contribution in [0.5, 0.6) is 0 Å². The van der Waals surface area contributed by atoms with E-state index in [2.05, 4.69) is 20.2 Å². The summed E-state index contributed by atoms with van der Waals surface area (Å²) < 4.78 is 13.9. The molecule has 7 heteroatoms. The molecule has 28 heavy (non-hydrogen) atoms. The van der Waals surface area contributed by atoms with E-state index >= 15 is 0 Å². The summed E-state index contributed by atoms with van der Waals surface area (Å²) in [5.41, 5.74) is 1.83. The van der Waals surface area contributed by atoms with Gasteiger partial charge in [-0.2, -0.15) is 0 Å². The Morgan fingerprint density at radius 1 is 1.18 bits per heavy atom. The van der Waals surface area contributed by atoms with E-state index in [9.17, 15) is 9.18 Å². The van der Waals surface area contributed by atoms with Crippen LogP contribution < -0.4 is 5.32 Å². The van der Waals surface area contributed by atoms with Crippen molar-refractivity contribution in [1.82, 2.24) is 20.2 Å². The van der Waals surface area contributed by atoms with Crippen LogP contribution >= 0.6 is 11.3 Å². The number of pyridine rings is 1. The molecule has 0 bridgehead atoms. The predicted molar refractivity (Wildman–Crippen MR) is 108 cm³/mol. The summed E-state index contributed by atoms with van der Waals surface area (Å²) in [6.45, 7) is 2.66. The molecule has 0 atom stereocenters. The fourth-order valence-electron chi connectivity index (χ4n) is 3.35. The van der Waals surface area contributed by atoms with Crippen LogP contribution in [0.3, 0.4) is 0 Å². The molecule has 1 aliphatic heterocycles. The van der Waals surface area contributed by atoms with Gasteiger partial charge in [0.1, 0.15) is 16.5 Å². The van der Waals surface area contributed by atoms with Gasteiger partial charge in [-0.05, 0) is 37.1 Å². The third-order valence-electron chi connectivity index (χ3n) is 4.88. The van der Waals surface area contributed by atoms with E-state index in [1.54, 1.807) is 23.6 Å². The first-order valence-electron chi connectivity index (χ1n) is 9.32. The van der Waals surface area contributed by atoms with Crippen LogP contribution in [0.25, 0.3) is 10.6 Å². The minimum atomic E-state index is -0.330. The first kappa shape index (κ1) is 18.7. The molecule has 2 aromatic heterocycles. The van der Waals surface area contributed by atoms with E-state index in [-0.39, 0.29) is 17.8 Å². The average molecular weight is 396 g/mol. The van der Waals surface area contributed by atoms with Crippen molar-refractivity contribution < 1.29 is 9.18 Å². The van der Waals surface area contributed by atoms with Crippen LogP contribution in [0.1, 0.15) is 29.0 Å². The van der Waals surface area contributed by atoms with Crippen molar-refractivity contribution in [2.75, 3.05) is 13.1 Å². The second kappa shape index (κ2) is 8.58. The van der Waals surface area contributed by atoms with E-state index in [4.69, 9.17) is 0 Å². The minimum Gasteiger partial charge on any atom is -0.348 e. The number of thiazole rings is 1. The van der Waals surface area contributed by atoms with Crippen LogP contribution in [0.2, 0.25) is 0 Å². The SMILES string of the molecule is O=C(NC1CCN(Cc2ccccn2)CC1)c1csc(-c2ccccc2F)n1. The molecule has 0 radical (unpaired) electrons. The molecule has 0 aliphatic carbocycles. The molecule has 3 aromatic rings. The average Bonchev–Trinajstić information content (AvgIpc) is 3.21. The molecule has 1 aliphatic rings. The number of halogens is 1. The van der Waals surface area contributed by atoms with Gasteiger partial charge in [0.15, 0.2) is 0 Å². The molecule has 144 valence electrons. The van der Waals surface area contributed by atoms with Crippen molar-refractivity contribution in [2.24, 2.45) is 0 Å². The molecule has 0 spiro atoms. The summed E-state index contributed by atoms with van der Waals surface area (Å²) in [4.78, 5) is 23.6. The van der Waals surface area contributed by atoms with Crippen LogP contribution in [-0.4, -0.2) is 39.9 Å². The highest BCUT2D eigenvalue weighted by Gasteiger charge is 2.22. The third kappa shape index (κ3) is 4.43. The number of likely N-dealkylation sites (tertiary alicyclic amines) is 1. The highest BCUT2D eigenvalue weighted by atomic mass is 32.1. The van der Waals surface area contributed by atoms with E-state index in [1.807, 2.05) is 24.4 Å². The number of rotatable bonds is 5. The molecular formula is C21H21FN4OS. The largest absolute Gasteiger partial charge is 0.348 e. The van der Waals surface area contributed by atoms with Gasteiger partial charge in [0.25, 0.3) is 5.91 Å². The second-order valence-electron chi connectivity index (χ2n) is 6.86. The number of hydrogen-bond donors (Lipinski definition) is 1. The number of benzene rings is 1. The smallest absolute Gasteiger partial charge is 0.270 e. The number of nitrogens with one attached hydrogen (secondary N) is 1. The number of nitrogens with zero attached hydrogens (tertiary/aromatic N) is 3. The fourth-order valence-corrected chi connectivity index (χ4v) is 4.18. The van der Waals surface area contributed by atoms with E-state index in [1.165, 1.54) is 17.4 Å². The number of carbonyl (C=O) groups is 1. The van der Waals surface area contributed by atoms with Gasteiger partial charge in [-0.3, -0.25) is 14.7 Å². The van der Waals surface area contributed by atoms with Crippen molar-refractivity contribution in [3.63, 3.8) is 0 Å². The van der Waals surface area contributed by atoms with E-state index < -0.39 is 0 Å². The Hall–Kier alpha value is -2.64. The quantitative estimate of drug-likeness (QED) is 0.714. The number of carbonyl (C=O) groups excluding carboxylic acids is 1. The lowest BCUT2D eigenvalue weighted by Crippen LogP contribution is -2.44. The summed E-state index contributed by atoms with van der Waals surface area (Å²) >= 11 is 1.28. The fraction of sp³-hybridized carbons (Fsp3) is 0.286. The van der Waals surface area contributed by atoms with Crippen molar-refractivity contribution >= 4 is 17.2 Å². The monoisotopic (exact) mass is 396 g/mol. The number of piperidine rings is 1. The van der Waals surface area contributed by atoms with Crippen LogP contribution in [0, 0.1) is 5.82 Å². The normalized spacial score (nSPS) is 15.5. The number of aromatic nitrogens is 2. The van der Waals surface area contributed by atoms with Gasteiger partial charge in [-0.15, -0.1) is 11.3 Å². The summed E-state index contributed by atoms with van der Waals surface area (Å²) in [7, 11) is 0. The lowest BCUT2D eigenvalue weighted by atomic mass is 10.0. The Bertz CT molecular complexity index is 938. The van der Waals surface area contributed by atoms with Gasteiger partial charge in [0, 0.05) is 42.8 Å². The molecule has 1 amide bonds. The highest BCUT2D eigenvalue weighted by Crippen LogP contribution is 2.26. The lowest BCUT2D eigenvalue weighted by molar-refractivity contribution is 0.0904. The Morgan fingerprint density at radius 3 is 2.71 bits per heavy atom. The molecular weight excluding hydrogens is 375 g/mol. The second-order valence-corrected chi connectivity index (χ2v) is 7.72. The molecule has 3 heterocycles. The van der Waals surface area contributed by atoms with Crippen molar-refractivity contribution in [2.45, 2.75) is 25.4 Å². The van der Waals surface area contributed by atoms with E-state index in [0.717, 1.165) is 38.2 Å². The van der Waals surface area contributed by atoms with Crippen LogP contribution in [0.4, 0.5) is 4.39 Å². The van der Waals surface area contributed by atoms with Gasteiger partial charge < -0.3 is 5.32 Å². The maximum Gasteiger partial charge on any atom is 0.270 e. The molecule has 5 nitrogen and oxygen atoms in total. The molecule has 1 aromatic carbocycles. The number of amides is 1. The van der Waals surface area contributed by atoms with Crippen molar-refractivity contribution in [3.05, 3.63) is 71.2 Å². The Labute approximate surface area is 167 Å². The Kier molecular flexibility index (Phi) is 5.73. The van der Waals surface area contributed by atoms with Gasteiger partial charge in [-0.1, -0.05) is 18.2 Å². The maximum atomic E-state index is 13.9. The maximum absolute atomic E-state index is 13.9. The van der Waals surface area contributed by atoms with Crippen LogP contribution in [0.15, 0.2) is 54.0 Å². The van der Waals surface area contributed by atoms with Crippen molar-refractivity contribution in [3.8, 4) is 10.6 Å². The molecule has 1 N–H and O–H groups in total. The summed E-state index contributed by atoms with van der Waals surface area (Å²) in [5.74, 6) is -0.522. The summed E-state index contributed by atoms with van der Waals surface area (Å²) in [5, 5.41) is 5.28. The first-order valence-corrected chi connectivity index (χ1v) is 10.2. The zero-order valence-corrected chi connectivity index (χ0v) is 16.2. The predicted octanol–water partition coefficient (Wildman–Crippen LogP) is 3.74. The van der Waals surface area contributed by atoms with Gasteiger partial charge >= 0.3 is 0 Å². The van der Waals surface area contributed by atoms with Crippen LogP contribution in [-0.2, 0) is 6.54 Å². The number of hydrogen-bond acceptors (Lipinski definition) is 5. The first-order chi connectivity index (χ1) is 13.7. The zero-order chi connectivity index (χ0) is 19.3. The van der Waals surface area contributed by atoms with Gasteiger partial charge in [0.2, 0.25) is 0 Å². The standard InChI is InChI=1S/C21H21FN4OS/c22-18-7-2-1-6-17(18)21-25-19(14-28-21)20(27)24-15-8-11-26(12-9-15)13-16-5-3-4-10-23-16/h1-7,10,14-15H,8-9,11-13H2,(H,24,27). The molecule has 0 unspecified atom stereocenters. The summed E-state index contributed by atoms with van der Waals surface area (Å²) in [6.07, 6.45) is 3.59. The Balaban J connectivity index is 1.31. The molecule has 1 fully saturated rings. The van der Waals surface area contributed by atoms with Crippen molar-refractivity contribution in [1.29, 1.82) is 0 Å². The van der Waals surface area contributed by atoms with Gasteiger partial charge in [-0.25, -0.2) is 9.37 Å². The van der Waals surface area contributed by atoms with E-state index in [0.29, 0.717) is 16.3 Å². The molecule has 4 rings (SSSR count). The topological polar surface area (TPSA) is 58.1 Å².